The molecule has 0 spiro atoms. The highest BCUT2D eigenvalue weighted by atomic mass is 79.9. The van der Waals surface area contributed by atoms with E-state index in [1.54, 1.807) is 13.8 Å². The molecule has 3 rings (SSSR count). The van der Waals surface area contributed by atoms with Gasteiger partial charge in [-0.15, -0.1) is 0 Å². The number of halogens is 1. The van der Waals surface area contributed by atoms with E-state index < -0.39 is 18.3 Å². The average Bonchev–Trinajstić information content (AvgIpc) is 3.15. The molecule has 0 atom stereocenters. The second kappa shape index (κ2) is 14.9. The SMILES string of the molecule is CCCCCCCCC1(CCCCCCCC)c2cc(Br)ccc2-c2ccc(B(O)OC(C)(C)C(C)(C)O)cc21. The van der Waals surface area contributed by atoms with Crippen molar-refractivity contribution in [2.24, 2.45) is 0 Å². The van der Waals surface area contributed by atoms with Crippen molar-refractivity contribution in [3.8, 4) is 11.1 Å². The number of hydrogen-bond acceptors (Lipinski definition) is 3. The summed E-state index contributed by atoms with van der Waals surface area (Å²) < 4.78 is 7.21. The fraction of sp³-hybridized carbons (Fsp3) is 0.657. The van der Waals surface area contributed by atoms with E-state index in [0.29, 0.717) is 0 Å². The molecule has 0 saturated carbocycles. The molecule has 0 aliphatic heterocycles. The van der Waals surface area contributed by atoms with Crippen molar-refractivity contribution in [3.05, 3.63) is 52.0 Å². The van der Waals surface area contributed by atoms with E-state index >= 15 is 0 Å². The first-order valence-electron chi connectivity index (χ1n) is 16.0. The molecule has 3 nitrogen and oxygen atoms in total. The summed E-state index contributed by atoms with van der Waals surface area (Å²) in [4.78, 5) is 0. The molecule has 0 fully saturated rings. The molecule has 0 bridgehead atoms. The van der Waals surface area contributed by atoms with Gasteiger partial charge in [0.15, 0.2) is 0 Å². The molecule has 2 aromatic rings. The van der Waals surface area contributed by atoms with Gasteiger partial charge in [-0.25, -0.2) is 0 Å². The van der Waals surface area contributed by atoms with Crippen LogP contribution in [0.1, 0.15) is 143 Å². The van der Waals surface area contributed by atoms with Crippen LogP contribution >= 0.6 is 15.9 Å². The van der Waals surface area contributed by atoms with E-state index in [-0.39, 0.29) is 5.41 Å². The zero-order valence-corrected chi connectivity index (χ0v) is 27.7. The Morgan fingerprint density at radius 2 is 1.20 bits per heavy atom. The maximum Gasteiger partial charge on any atom is 0.491 e. The van der Waals surface area contributed by atoms with Crippen LogP contribution in [-0.2, 0) is 10.1 Å². The van der Waals surface area contributed by atoms with E-state index in [1.165, 1.54) is 99.3 Å². The minimum absolute atomic E-state index is 0.0640. The number of fused-ring (bicyclic) bond motifs is 3. The predicted molar refractivity (Wildman–Crippen MR) is 175 cm³/mol. The van der Waals surface area contributed by atoms with Crippen molar-refractivity contribution in [3.63, 3.8) is 0 Å². The number of benzene rings is 2. The van der Waals surface area contributed by atoms with E-state index in [1.807, 2.05) is 19.9 Å². The maximum atomic E-state index is 11.2. The summed E-state index contributed by atoms with van der Waals surface area (Å²) in [6.07, 6.45) is 17.6. The average molecular weight is 614 g/mol. The minimum Gasteiger partial charge on any atom is -0.423 e. The van der Waals surface area contributed by atoms with Crippen LogP contribution in [0.15, 0.2) is 40.9 Å². The zero-order chi connectivity index (χ0) is 29.4. The second-order valence-corrected chi connectivity index (χ2v) is 14.1. The van der Waals surface area contributed by atoms with E-state index in [9.17, 15) is 10.1 Å². The van der Waals surface area contributed by atoms with Crippen LogP contribution in [0.3, 0.4) is 0 Å². The van der Waals surface area contributed by atoms with Gasteiger partial charge in [0, 0.05) is 9.89 Å². The lowest BCUT2D eigenvalue weighted by atomic mass is 9.68. The van der Waals surface area contributed by atoms with Crippen molar-refractivity contribution in [1.82, 2.24) is 0 Å². The minimum atomic E-state index is -1.11. The van der Waals surface area contributed by atoms with Gasteiger partial charge in [-0.2, -0.15) is 0 Å². The predicted octanol–water partition coefficient (Wildman–Crippen LogP) is 9.47. The Morgan fingerprint density at radius 3 is 1.73 bits per heavy atom. The monoisotopic (exact) mass is 612 g/mol. The smallest absolute Gasteiger partial charge is 0.423 e. The fourth-order valence-corrected chi connectivity index (χ4v) is 6.57. The molecule has 0 saturated heterocycles. The molecule has 1 aliphatic rings. The zero-order valence-electron chi connectivity index (χ0n) is 26.1. The Labute approximate surface area is 253 Å². The third-order valence-corrected chi connectivity index (χ3v) is 9.92. The number of aliphatic hydroxyl groups is 1. The molecule has 0 amide bonds. The summed E-state index contributed by atoms with van der Waals surface area (Å²) >= 11 is 3.79. The van der Waals surface area contributed by atoms with Crippen molar-refractivity contribution in [2.45, 2.75) is 148 Å². The third-order valence-electron chi connectivity index (χ3n) is 9.43. The van der Waals surface area contributed by atoms with Gasteiger partial charge in [0.1, 0.15) is 0 Å². The summed E-state index contributed by atoms with van der Waals surface area (Å²) in [7, 11) is -1.11. The summed E-state index contributed by atoms with van der Waals surface area (Å²) in [6.45, 7) is 11.7. The van der Waals surface area contributed by atoms with Crippen molar-refractivity contribution >= 4 is 28.5 Å². The molecule has 0 aromatic heterocycles. The van der Waals surface area contributed by atoms with Crippen LogP contribution in [-0.4, -0.2) is 28.5 Å². The third kappa shape index (κ3) is 8.03. The normalized spacial score (nSPS) is 14.3. The van der Waals surface area contributed by atoms with Gasteiger partial charge in [-0.3, -0.25) is 0 Å². The molecule has 2 N–H and O–H groups in total. The van der Waals surface area contributed by atoms with Crippen LogP contribution in [0.25, 0.3) is 11.1 Å². The lowest BCUT2D eigenvalue weighted by Crippen LogP contribution is -2.53. The summed E-state index contributed by atoms with van der Waals surface area (Å²) in [5, 5.41) is 21.9. The highest BCUT2D eigenvalue weighted by molar-refractivity contribution is 9.10. The number of unbranched alkanes of at least 4 members (excludes halogenated alkanes) is 10. The molecule has 2 aromatic carbocycles. The lowest BCUT2D eigenvalue weighted by molar-refractivity contribution is -0.0982. The molecule has 40 heavy (non-hydrogen) atoms. The van der Waals surface area contributed by atoms with Gasteiger partial charge in [0.25, 0.3) is 0 Å². The Hall–Kier alpha value is -1.14. The van der Waals surface area contributed by atoms with Crippen LogP contribution in [0, 0.1) is 0 Å². The largest absolute Gasteiger partial charge is 0.491 e. The van der Waals surface area contributed by atoms with Crippen molar-refractivity contribution < 1.29 is 14.8 Å². The summed E-state index contributed by atoms with van der Waals surface area (Å²) in [5.74, 6) is 0. The van der Waals surface area contributed by atoms with Crippen LogP contribution in [0.2, 0.25) is 0 Å². The Kier molecular flexibility index (Phi) is 12.4. The van der Waals surface area contributed by atoms with Gasteiger partial charge in [0.2, 0.25) is 0 Å². The highest BCUT2D eigenvalue weighted by Gasteiger charge is 2.44. The fourth-order valence-electron chi connectivity index (χ4n) is 6.21. The van der Waals surface area contributed by atoms with Gasteiger partial charge in [0.05, 0.1) is 11.2 Å². The maximum absolute atomic E-state index is 11.2. The van der Waals surface area contributed by atoms with Crippen molar-refractivity contribution in [1.29, 1.82) is 0 Å². The molecule has 1 aliphatic carbocycles. The second-order valence-electron chi connectivity index (χ2n) is 13.2. The lowest BCUT2D eigenvalue weighted by Gasteiger charge is -2.38. The van der Waals surface area contributed by atoms with E-state index in [2.05, 4.69) is 60.1 Å². The van der Waals surface area contributed by atoms with Gasteiger partial charge >= 0.3 is 7.12 Å². The summed E-state index contributed by atoms with van der Waals surface area (Å²) in [5.41, 5.74) is 4.09. The molecule has 5 heteroatoms. The van der Waals surface area contributed by atoms with Gasteiger partial charge < -0.3 is 14.8 Å². The molecular weight excluding hydrogens is 559 g/mol. The molecule has 0 heterocycles. The topological polar surface area (TPSA) is 49.7 Å². The summed E-state index contributed by atoms with van der Waals surface area (Å²) in [6, 6.07) is 13.2. The van der Waals surface area contributed by atoms with Crippen LogP contribution < -0.4 is 5.46 Å². The Morgan fingerprint density at radius 1 is 0.725 bits per heavy atom. The first kappa shape index (κ1) is 33.4. The number of rotatable bonds is 18. The van der Waals surface area contributed by atoms with E-state index in [4.69, 9.17) is 4.65 Å². The molecular formula is C35H54BBrO3. The van der Waals surface area contributed by atoms with Crippen LogP contribution in [0.4, 0.5) is 0 Å². The van der Waals surface area contributed by atoms with Crippen molar-refractivity contribution in [2.75, 3.05) is 0 Å². The number of hydrogen-bond donors (Lipinski definition) is 2. The first-order chi connectivity index (χ1) is 19.0. The van der Waals surface area contributed by atoms with Gasteiger partial charge in [-0.05, 0) is 80.4 Å². The first-order valence-corrected chi connectivity index (χ1v) is 16.8. The molecule has 222 valence electrons. The molecule has 0 unspecified atom stereocenters. The van der Waals surface area contributed by atoms with Gasteiger partial charge in [-0.1, -0.05) is 131 Å². The Balaban J connectivity index is 1.98. The Bertz CT molecular complexity index is 1060. The standard InChI is InChI=1S/C35H54BBrO3/c1-7-9-11-13-15-17-23-35(24-18-16-14-12-10-8-2)31-25-27(36(39)40-34(5,6)33(3,4)38)19-21-29(31)30-22-20-28(37)26-32(30)35/h19-22,25-26,38-39H,7-18,23-24H2,1-6H3. The molecule has 0 radical (unpaired) electrons. The quantitative estimate of drug-likeness (QED) is 0.130. The van der Waals surface area contributed by atoms with E-state index in [0.717, 1.165) is 22.8 Å². The van der Waals surface area contributed by atoms with Crippen LogP contribution in [0.5, 0.6) is 0 Å². The highest BCUT2D eigenvalue weighted by Crippen LogP contribution is 2.54.